The van der Waals surface area contributed by atoms with Gasteiger partial charge in [-0.05, 0) is 13.8 Å². The standard InChI is InChI=1S/C8H12F2O3.C7H10F2O3/c1-4-8(2,6(11)12-3)5-13-7(9)10;1-3-7(2,5(10)11)4-12-6(8)9/h4,7H,1,5H2,2-3H3;3,6H,1,4H2,2H3,(H,10,11)/t8-;7-/m11/s1. The minimum absolute atomic E-state index is 0.444. The number of carboxylic acid groups (broad SMARTS) is 1. The lowest BCUT2D eigenvalue weighted by atomic mass is 9.92. The summed E-state index contributed by atoms with van der Waals surface area (Å²) in [6.07, 6.45) is 2.29. The third kappa shape index (κ3) is 9.82. The highest BCUT2D eigenvalue weighted by atomic mass is 19.3. The Bertz CT molecular complexity index is 457. The second-order valence-corrected chi connectivity index (χ2v) is 5.18. The molecule has 0 bridgehead atoms. The minimum atomic E-state index is -2.95. The Morgan fingerprint density at radius 2 is 1.36 bits per heavy atom. The van der Waals surface area contributed by atoms with Crippen molar-refractivity contribution in [2.45, 2.75) is 27.1 Å². The van der Waals surface area contributed by atoms with Gasteiger partial charge in [-0.3, -0.25) is 9.59 Å². The molecule has 0 spiro atoms. The van der Waals surface area contributed by atoms with Crippen molar-refractivity contribution in [3.63, 3.8) is 0 Å². The summed E-state index contributed by atoms with van der Waals surface area (Å²) in [5.74, 6) is -1.89. The van der Waals surface area contributed by atoms with Crippen molar-refractivity contribution in [1.82, 2.24) is 0 Å². The molecule has 0 saturated heterocycles. The van der Waals surface area contributed by atoms with Crippen LogP contribution in [0.15, 0.2) is 25.3 Å². The van der Waals surface area contributed by atoms with Crippen molar-refractivity contribution in [1.29, 1.82) is 0 Å². The van der Waals surface area contributed by atoms with Gasteiger partial charge in [-0.15, -0.1) is 13.2 Å². The van der Waals surface area contributed by atoms with Crippen LogP contribution in [-0.2, 0) is 23.8 Å². The largest absolute Gasteiger partial charge is 0.481 e. The minimum Gasteiger partial charge on any atom is -0.481 e. The highest BCUT2D eigenvalue weighted by molar-refractivity contribution is 5.78. The van der Waals surface area contributed by atoms with E-state index in [4.69, 9.17) is 5.11 Å². The maximum Gasteiger partial charge on any atom is 0.345 e. The quantitative estimate of drug-likeness (QED) is 0.360. The molecule has 146 valence electrons. The second-order valence-electron chi connectivity index (χ2n) is 5.18. The average molecular weight is 374 g/mol. The number of carboxylic acids is 1. The van der Waals surface area contributed by atoms with Crippen LogP contribution in [0.25, 0.3) is 0 Å². The van der Waals surface area contributed by atoms with Gasteiger partial charge in [0.2, 0.25) is 0 Å². The maximum absolute atomic E-state index is 11.7. The molecule has 0 aromatic rings. The van der Waals surface area contributed by atoms with E-state index in [9.17, 15) is 27.2 Å². The van der Waals surface area contributed by atoms with Crippen LogP contribution in [0.1, 0.15) is 13.8 Å². The number of methoxy groups -OCH3 is 1. The fourth-order valence-corrected chi connectivity index (χ4v) is 1.11. The number of aliphatic carboxylic acids is 1. The lowest BCUT2D eigenvalue weighted by Gasteiger charge is -2.21. The molecule has 0 fully saturated rings. The van der Waals surface area contributed by atoms with Gasteiger partial charge in [0.1, 0.15) is 10.8 Å². The van der Waals surface area contributed by atoms with Gasteiger partial charge in [0.25, 0.3) is 0 Å². The molecule has 0 radical (unpaired) electrons. The number of ether oxygens (including phenoxy) is 3. The molecular formula is C15H22F4O6. The Labute approximate surface area is 143 Å². The predicted molar refractivity (Wildman–Crippen MR) is 80.2 cm³/mol. The van der Waals surface area contributed by atoms with Crippen molar-refractivity contribution in [2.24, 2.45) is 10.8 Å². The molecule has 0 unspecified atom stereocenters. The van der Waals surface area contributed by atoms with Gasteiger partial charge in [-0.2, -0.15) is 17.6 Å². The molecule has 25 heavy (non-hydrogen) atoms. The molecule has 0 amide bonds. The first-order valence-corrected chi connectivity index (χ1v) is 6.77. The molecule has 0 aliphatic heterocycles. The van der Waals surface area contributed by atoms with E-state index in [0.717, 1.165) is 6.08 Å². The molecule has 1 N–H and O–H groups in total. The lowest BCUT2D eigenvalue weighted by molar-refractivity contribution is -0.169. The van der Waals surface area contributed by atoms with Gasteiger partial charge in [0, 0.05) is 0 Å². The summed E-state index contributed by atoms with van der Waals surface area (Å²) in [5.41, 5.74) is -2.67. The molecule has 0 aromatic carbocycles. The zero-order valence-corrected chi connectivity index (χ0v) is 14.1. The van der Waals surface area contributed by atoms with Gasteiger partial charge < -0.3 is 19.3 Å². The van der Waals surface area contributed by atoms with E-state index in [1.54, 1.807) is 0 Å². The van der Waals surface area contributed by atoms with Gasteiger partial charge in [-0.1, -0.05) is 12.2 Å². The van der Waals surface area contributed by atoms with Crippen LogP contribution in [0.2, 0.25) is 0 Å². The second kappa shape index (κ2) is 11.6. The molecule has 0 heterocycles. The normalized spacial score (nSPS) is 15.4. The van der Waals surface area contributed by atoms with Crippen molar-refractivity contribution < 1.29 is 46.5 Å². The van der Waals surface area contributed by atoms with E-state index in [0.29, 0.717) is 0 Å². The SMILES string of the molecule is C=C[C@](C)(COC(F)F)C(=O)O.C=C[C@](C)(COC(F)F)C(=O)OC. The summed E-state index contributed by atoms with van der Waals surface area (Å²) in [6.45, 7) is 2.37. The molecular weight excluding hydrogens is 352 g/mol. The number of carbonyl (C=O) groups excluding carboxylic acids is 1. The molecule has 0 aliphatic rings. The van der Waals surface area contributed by atoms with Crippen molar-refractivity contribution in [2.75, 3.05) is 20.3 Å². The van der Waals surface area contributed by atoms with E-state index >= 15 is 0 Å². The summed E-state index contributed by atoms with van der Waals surface area (Å²) < 4.78 is 58.6. The van der Waals surface area contributed by atoms with Crippen molar-refractivity contribution >= 4 is 11.9 Å². The molecule has 0 saturated carbocycles. The first kappa shape index (κ1) is 25.3. The predicted octanol–water partition coefficient (Wildman–Crippen LogP) is 3.09. The molecule has 0 aromatic heterocycles. The monoisotopic (exact) mass is 374 g/mol. The summed E-state index contributed by atoms with van der Waals surface area (Å²) in [4.78, 5) is 21.5. The molecule has 2 atom stereocenters. The Morgan fingerprint density at radius 3 is 1.60 bits per heavy atom. The van der Waals surface area contributed by atoms with Gasteiger partial charge in [-0.25, -0.2) is 0 Å². The number of alkyl halides is 4. The average Bonchev–Trinajstić information content (AvgIpc) is 2.56. The Kier molecular flexibility index (Phi) is 11.7. The third-order valence-corrected chi connectivity index (χ3v) is 3.06. The topological polar surface area (TPSA) is 82.1 Å². The first-order chi connectivity index (χ1) is 11.4. The smallest absolute Gasteiger partial charge is 0.345 e. The number of esters is 1. The zero-order chi connectivity index (χ0) is 20.3. The van der Waals surface area contributed by atoms with E-state index in [-0.39, 0.29) is 0 Å². The van der Waals surface area contributed by atoms with Gasteiger partial charge in [0.15, 0.2) is 0 Å². The molecule has 0 aliphatic carbocycles. The van der Waals surface area contributed by atoms with Crippen molar-refractivity contribution in [3.05, 3.63) is 25.3 Å². The number of hydrogen-bond acceptors (Lipinski definition) is 5. The number of rotatable bonds is 10. The van der Waals surface area contributed by atoms with Crippen LogP contribution < -0.4 is 0 Å². The lowest BCUT2D eigenvalue weighted by Crippen LogP contribution is -2.32. The number of halogens is 4. The number of carbonyl (C=O) groups is 2. The molecule has 10 heteroatoms. The highest BCUT2D eigenvalue weighted by Gasteiger charge is 2.32. The first-order valence-electron chi connectivity index (χ1n) is 6.77. The summed E-state index contributed by atoms with van der Waals surface area (Å²) >= 11 is 0. The fourth-order valence-electron chi connectivity index (χ4n) is 1.11. The fraction of sp³-hybridized carbons (Fsp3) is 0.600. The maximum atomic E-state index is 11.7. The van der Waals surface area contributed by atoms with Crippen LogP contribution in [0.5, 0.6) is 0 Å². The van der Waals surface area contributed by atoms with E-state index < -0.39 is 49.2 Å². The number of hydrogen-bond donors (Lipinski definition) is 1. The van der Waals surface area contributed by atoms with Crippen LogP contribution in [0, 0.1) is 10.8 Å². The third-order valence-electron chi connectivity index (χ3n) is 3.06. The van der Waals surface area contributed by atoms with Gasteiger partial charge >= 0.3 is 25.2 Å². The van der Waals surface area contributed by atoms with Crippen LogP contribution in [0.3, 0.4) is 0 Å². The van der Waals surface area contributed by atoms with Crippen LogP contribution >= 0.6 is 0 Å². The van der Waals surface area contributed by atoms with Gasteiger partial charge in [0.05, 0.1) is 20.3 Å². The van der Waals surface area contributed by atoms with Crippen LogP contribution in [0.4, 0.5) is 17.6 Å². The Hall–Kier alpha value is -1.94. The molecule has 0 rings (SSSR count). The van der Waals surface area contributed by atoms with E-state index in [1.165, 1.54) is 27.0 Å². The van der Waals surface area contributed by atoms with E-state index in [2.05, 4.69) is 27.4 Å². The van der Waals surface area contributed by atoms with E-state index in [1.807, 2.05) is 0 Å². The summed E-state index contributed by atoms with van der Waals surface area (Å²) in [6, 6.07) is 0. The van der Waals surface area contributed by atoms with Crippen molar-refractivity contribution in [3.8, 4) is 0 Å². The summed E-state index contributed by atoms with van der Waals surface area (Å²) in [5, 5.41) is 8.55. The molecule has 6 nitrogen and oxygen atoms in total. The van der Waals surface area contributed by atoms with Crippen LogP contribution in [-0.4, -0.2) is 50.6 Å². The highest BCUT2D eigenvalue weighted by Crippen LogP contribution is 2.21. The Balaban J connectivity index is 0. The zero-order valence-electron chi connectivity index (χ0n) is 14.1. The summed E-state index contributed by atoms with van der Waals surface area (Å²) in [7, 11) is 1.17. The Morgan fingerprint density at radius 1 is 1.00 bits per heavy atom.